The van der Waals surface area contributed by atoms with E-state index in [0.29, 0.717) is 5.13 Å². The predicted molar refractivity (Wildman–Crippen MR) is 69.8 cm³/mol. The Hall–Kier alpha value is -1.12. The van der Waals surface area contributed by atoms with Gasteiger partial charge in [-0.3, -0.25) is 0 Å². The summed E-state index contributed by atoms with van der Waals surface area (Å²) in [5.41, 5.74) is 8.78. The fraction of sp³-hybridized carbons (Fsp3) is 0.100. The van der Waals surface area contributed by atoms with Gasteiger partial charge in [0.1, 0.15) is 0 Å². The van der Waals surface area contributed by atoms with Crippen LogP contribution in [-0.2, 0) is 0 Å². The van der Waals surface area contributed by atoms with Crippen LogP contribution in [-0.4, -0.2) is 11.6 Å². The minimum atomic E-state index is 0.613. The Morgan fingerprint density at radius 1 is 1.33 bits per heavy atom. The van der Waals surface area contributed by atoms with Crippen LogP contribution in [0.15, 0.2) is 29.6 Å². The van der Waals surface area contributed by atoms with Crippen LogP contribution in [0.1, 0.15) is 0 Å². The van der Waals surface area contributed by atoms with Gasteiger partial charge in [0.05, 0.1) is 5.69 Å². The van der Waals surface area contributed by atoms with Crippen LogP contribution in [0.5, 0.6) is 0 Å². The summed E-state index contributed by atoms with van der Waals surface area (Å²) in [5, 5.41) is 5.86. The lowest BCUT2D eigenvalue weighted by Crippen LogP contribution is -1.84. The van der Waals surface area contributed by atoms with Crippen molar-refractivity contribution in [3.8, 4) is 11.3 Å². The summed E-state index contributed by atoms with van der Waals surface area (Å²) in [6.07, 6.45) is 0. The first-order chi connectivity index (χ1) is 7.29. The molecule has 0 saturated heterocycles. The van der Waals surface area contributed by atoms with Gasteiger partial charge in [-0.15, -0.1) is 11.3 Å². The van der Waals surface area contributed by atoms with E-state index in [1.54, 1.807) is 0 Å². The largest absolute Gasteiger partial charge is 0.375 e. The molecule has 1 heterocycles. The van der Waals surface area contributed by atoms with Crippen LogP contribution in [0.3, 0.4) is 0 Å². The van der Waals surface area contributed by atoms with Crippen molar-refractivity contribution >= 4 is 30.9 Å². The van der Waals surface area contributed by atoms with Gasteiger partial charge >= 0.3 is 0 Å². The number of nitrogens with two attached hydrogens (primary N) is 1. The van der Waals surface area contributed by atoms with E-state index >= 15 is 0 Å². The third-order valence-electron chi connectivity index (χ3n) is 1.97. The number of nitrogen functional groups attached to an aromatic ring is 1. The second-order valence-electron chi connectivity index (χ2n) is 3.02. The number of thiazole rings is 1. The minimum Gasteiger partial charge on any atom is -0.375 e. The van der Waals surface area contributed by atoms with Crippen molar-refractivity contribution in [1.82, 2.24) is 4.98 Å². The topological polar surface area (TPSA) is 50.9 Å². The molecule has 5 heteroatoms. The first-order valence-corrected chi connectivity index (χ1v) is 6.92. The second kappa shape index (κ2) is 4.60. The van der Waals surface area contributed by atoms with Crippen LogP contribution in [0.4, 0.5) is 10.8 Å². The molecular formula is C10H12N3PS. The van der Waals surface area contributed by atoms with E-state index in [-0.39, 0.29) is 0 Å². The summed E-state index contributed by atoms with van der Waals surface area (Å²) in [7, 11) is 0.719. The van der Waals surface area contributed by atoms with Crippen molar-refractivity contribution in [3.05, 3.63) is 29.6 Å². The Labute approximate surface area is 94.6 Å². The van der Waals surface area contributed by atoms with Gasteiger partial charge in [-0.1, -0.05) is 12.1 Å². The maximum absolute atomic E-state index is 5.59. The third-order valence-corrected chi connectivity index (χ3v) is 3.18. The first kappa shape index (κ1) is 10.4. The molecule has 3 N–H and O–H groups in total. The zero-order chi connectivity index (χ0) is 10.7. The molecule has 0 radical (unpaired) electrons. The van der Waals surface area contributed by atoms with Gasteiger partial charge in [-0.2, -0.15) is 0 Å². The quantitative estimate of drug-likeness (QED) is 0.807. The number of anilines is 2. The summed E-state index contributed by atoms with van der Waals surface area (Å²) in [6, 6.07) is 8.22. The average Bonchev–Trinajstić information content (AvgIpc) is 2.67. The standard InChI is InChI=1S/C10H12N3PS/c1-14-13-8-4-2-7(3-5-8)9-6-15-10(11)12-9/h2-6,13-14H,1H3,(H2,11,12). The number of hydrogen-bond acceptors (Lipinski definition) is 4. The molecule has 15 heavy (non-hydrogen) atoms. The molecule has 1 aromatic heterocycles. The van der Waals surface area contributed by atoms with Gasteiger partial charge in [-0.05, 0) is 27.5 Å². The molecule has 2 aromatic rings. The van der Waals surface area contributed by atoms with Gasteiger partial charge in [0.2, 0.25) is 0 Å². The summed E-state index contributed by atoms with van der Waals surface area (Å²) >= 11 is 1.47. The van der Waals surface area contributed by atoms with E-state index in [2.05, 4.69) is 41.0 Å². The van der Waals surface area contributed by atoms with Crippen LogP contribution in [0.2, 0.25) is 0 Å². The highest BCUT2D eigenvalue weighted by molar-refractivity contribution is 7.38. The molecule has 3 nitrogen and oxygen atoms in total. The Morgan fingerprint density at radius 2 is 2.07 bits per heavy atom. The number of benzene rings is 1. The molecular weight excluding hydrogens is 225 g/mol. The van der Waals surface area contributed by atoms with Crippen molar-refractivity contribution in [2.75, 3.05) is 17.5 Å². The molecule has 0 saturated carbocycles. The highest BCUT2D eigenvalue weighted by atomic mass is 32.1. The Bertz CT molecular complexity index is 438. The zero-order valence-corrected chi connectivity index (χ0v) is 10.1. The highest BCUT2D eigenvalue weighted by Crippen LogP contribution is 2.25. The predicted octanol–water partition coefficient (Wildman–Crippen LogP) is 3.03. The molecule has 0 aliphatic rings. The zero-order valence-electron chi connectivity index (χ0n) is 8.32. The maximum atomic E-state index is 5.59. The molecule has 0 aliphatic heterocycles. The van der Waals surface area contributed by atoms with Crippen molar-refractivity contribution in [2.24, 2.45) is 0 Å². The molecule has 0 spiro atoms. The molecule has 1 aromatic carbocycles. The normalized spacial score (nSPS) is 11.0. The number of aromatic nitrogens is 1. The monoisotopic (exact) mass is 237 g/mol. The van der Waals surface area contributed by atoms with E-state index in [4.69, 9.17) is 5.73 Å². The second-order valence-corrected chi connectivity index (χ2v) is 4.66. The van der Waals surface area contributed by atoms with Crippen LogP contribution >= 0.6 is 20.1 Å². The lowest BCUT2D eigenvalue weighted by molar-refractivity contribution is 1.41. The van der Waals surface area contributed by atoms with Crippen molar-refractivity contribution < 1.29 is 0 Å². The minimum absolute atomic E-state index is 0.613. The average molecular weight is 237 g/mol. The lowest BCUT2D eigenvalue weighted by atomic mass is 10.1. The molecule has 78 valence electrons. The number of nitrogens with one attached hydrogen (secondary N) is 1. The van der Waals surface area contributed by atoms with Crippen molar-refractivity contribution in [2.45, 2.75) is 0 Å². The van der Waals surface area contributed by atoms with E-state index in [1.807, 2.05) is 5.38 Å². The van der Waals surface area contributed by atoms with Crippen molar-refractivity contribution in [3.63, 3.8) is 0 Å². The molecule has 2 rings (SSSR count). The van der Waals surface area contributed by atoms with Crippen molar-refractivity contribution in [1.29, 1.82) is 0 Å². The van der Waals surface area contributed by atoms with E-state index < -0.39 is 0 Å². The Morgan fingerprint density at radius 3 is 2.60 bits per heavy atom. The van der Waals surface area contributed by atoms with E-state index in [1.165, 1.54) is 11.3 Å². The van der Waals surface area contributed by atoms with Gasteiger partial charge < -0.3 is 10.8 Å². The Kier molecular flexibility index (Phi) is 3.19. The third kappa shape index (κ3) is 2.46. The van der Waals surface area contributed by atoms with Crippen LogP contribution in [0, 0.1) is 0 Å². The lowest BCUT2D eigenvalue weighted by Gasteiger charge is -2.03. The smallest absolute Gasteiger partial charge is 0.180 e. The number of rotatable bonds is 3. The summed E-state index contributed by atoms with van der Waals surface area (Å²) in [6.45, 7) is 2.11. The fourth-order valence-electron chi connectivity index (χ4n) is 1.29. The summed E-state index contributed by atoms with van der Waals surface area (Å²) in [4.78, 5) is 4.23. The van der Waals surface area contributed by atoms with Gasteiger partial charge in [0.25, 0.3) is 0 Å². The van der Waals surface area contributed by atoms with Gasteiger partial charge in [-0.25, -0.2) is 4.98 Å². The van der Waals surface area contributed by atoms with Crippen LogP contribution < -0.4 is 10.8 Å². The number of hydrogen-bond donors (Lipinski definition) is 2. The first-order valence-electron chi connectivity index (χ1n) is 4.54. The molecule has 1 atom stereocenters. The van der Waals surface area contributed by atoms with Gasteiger partial charge in [0, 0.05) is 16.6 Å². The maximum Gasteiger partial charge on any atom is 0.180 e. The van der Waals surface area contributed by atoms with E-state index in [9.17, 15) is 0 Å². The molecule has 0 fully saturated rings. The van der Waals surface area contributed by atoms with Crippen LogP contribution in [0.25, 0.3) is 11.3 Å². The van der Waals surface area contributed by atoms with Gasteiger partial charge in [0.15, 0.2) is 5.13 Å². The Balaban J connectivity index is 2.23. The fourth-order valence-corrected chi connectivity index (χ4v) is 2.32. The molecule has 0 bridgehead atoms. The molecule has 0 aliphatic carbocycles. The highest BCUT2D eigenvalue weighted by Gasteiger charge is 2.01. The summed E-state index contributed by atoms with van der Waals surface area (Å²) in [5.74, 6) is 0. The van der Waals surface area contributed by atoms with E-state index in [0.717, 1.165) is 25.7 Å². The number of nitrogens with zero attached hydrogens (tertiary/aromatic N) is 1. The molecule has 0 amide bonds. The molecule has 1 unspecified atom stereocenters. The summed E-state index contributed by atoms with van der Waals surface area (Å²) < 4.78 is 0. The SMILES string of the molecule is CPNc1ccc(-c2csc(N)n2)cc1.